The summed E-state index contributed by atoms with van der Waals surface area (Å²) in [7, 11) is 0. The summed E-state index contributed by atoms with van der Waals surface area (Å²) in [6, 6.07) is 0.714. The Labute approximate surface area is 77.2 Å². The zero-order chi connectivity index (χ0) is 9.40. The lowest BCUT2D eigenvalue weighted by atomic mass is 10.1. The second-order valence-electron chi connectivity index (χ2n) is 3.58. The summed E-state index contributed by atoms with van der Waals surface area (Å²) in [5, 5.41) is 3.53. The zero-order valence-corrected chi connectivity index (χ0v) is 8.98. The Balaban J connectivity index is 3.51. The van der Waals surface area contributed by atoms with E-state index in [2.05, 4.69) is 39.1 Å². The Kier molecular flexibility index (Phi) is 7.17. The van der Waals surface area contributed by atoms with Gasteiger partial charge in [-0.2, -0.15) is 0 Å². The van der Waals surface area contributed by atoms with Gasteiger partial charge in [0.15, 0.2) is 0 Å². The van der Waals surface area contributed by atoms with Crippen LogP contribution in [0.2, 0.25) is 0 Å². The van der Waals surface area contributed by atoms with Crippen molar-refractivity contribution in [2.45, 2.75) is 53.0 Å². The van der Waals surface area contributed by atoms with Gasteiger partial charge in [-0.05, 0) is 26.7 Å². The topological polar surface area (TPSA) is 12.0 Å². The highest BCUT2D eigenvalue weighted by atomic mass is 14.9. The van der Waals surface area contributed by atoms with Gasteiger partial charge in [0.1, 0.15) is 0 Å². The molecule has 0 fully saturated rings. The van der Waals surface area contributed by atoms with E-state index in [1.807, 2.05) is 0 Å². The maximum Gasteiger partial charge on any atom is 0.0139 e. The van der Waals surface area contributed by atoms with Gasteiger partial charge in [-0.15, -0.1) is 0 Å². The molecule has 0 aliphatic rings. The lowest BCUT2D eigenvalue weighted by molar-refractivity contribution is 0.485. The largest absolute Gasteiger partial charge is 0.311 e. The summed E-state index contributed by atoms with van der Waals surface area (Å²) < 4.78 is 0. The molecular weight excluding hydrogens is 146 g/mol. The smallest absolute Gasteiger partial charge is 0.0139 e. The maximum atomic E-state index is 3.53. The molecule has 0 saturated carbocycles. The molecule has 0 aliphatic carbocycles. The number of hydrogen-bond donors (Lipinski definition) is 1. The molecule has 12 heavy (non-hydrogen) atoms. The van der Waals surface area contributed by atoms with Crippen molar-refractivity contribution < 1.29 is 0 Å². The predicted octanol–water partition coefficient (Wildman–Crippen LogP) is 3.12. The molecule has 0 aromatic heterocycles. The fourth-order valence-electron chi connectivity index (χ4n) is 1.23. The van der Waals surface area contributed by atoms with Gasteiger partial charge in [0.05, 0.1) is 0 Å². The van der Waals surface area contributed by atoms with Crippen molar-refractivity contribution in [1.29, 1.82) is 0 Å². The molecule has 0 aromatic rings. The van der Waals surface area contributed by atoms with Crippen LogP contribution in [0.5, 0.6) is 0 Å². The monoisotopic (exact) mass is 169 g/mol. The number of hydrogen-bond acceptors (Lipinski definition) is 1. The molecule has 0 spiro atoms. The van der Waals surface area contributed by atoms with E-state index in [1.165, 1.54) is 24.8 Å². The van der Waals surface area contributed by atoms with Crippen LogP contribution in [-0.4, -0.2) is 12.6 Å². The Hall–Kier alpha value is -0.300. The third-order valence-corrected chi connectivity index (χ3v) is 2.05. The summed E-state index contributed by atoms with van der Waals surface area (Å²) in [6.45, 7) is 9.80. The highest BCUT2D eigenvalue weighted by Crippen LogP contribution is 2.00. The number of allylic oxidation sites excluding steroid dienone is 1. The van der Waals surface area contributed by atoms with Crippen molar-refractivity contribution in [3.05, 3.63) is 11.6 Å². The molecule has 0 aliphatic heterocycles. The van der Waals surface area contributed by atoms with Crippen LogP contribution in [-0.2, 0) is 0 Å². The minimum absolute atomic E-state index is 0.714. The molecule has 0 aromatic carbocycles. The molecule has 1 unspecified atom stereocenters. The van der Waals surface area contributed by atoms with E-state index in [4.69, 9.17) is 0 Å². The van der Waals surface area contributed by atoms with Gasteiger partial charge in [0, 0.05) is 12.6 Å². The number of nitrogens with one attached hydrogen (secondary N) is 1. The standard InChI is InChI=1S/C11H23N/c1-5-7-11(6-2)12-9-8-10(3)4/h8,11-12H,5-7,9H2,1-4H3. The molecular formula is C11H23N. The Morgan fingerprint density at radius 3 is 2.42 bits per heavy atom. The van der Waals surface area contributed by atoms with E-state index in [0.717, 1.165) is 6.54 Å². The first-order chi connectivity index (χ1) is 5.70. The van der Waals surface area contributed by atoms with Crippen molar-refractivity contribution in [3.8, 4) is 0 Å². The summed E-state index contributed by atoms with van der Waals surface area (Å²) in [5.74, 6) is 0. The minimum atomic E-state index is 0.714. The maximum absolute atomic E-state index is 3.53. The summed E-state index contributed by atoms with van der Waals surface area (Å²) in [5.41, 5.74) is 1.40. The fraction of sp³-hybridized carbons (Fsp3) is 0.818. The molecule has 0 saturated heterocycles. The average Bonchev–Trinajstić information content (AvgIpc) is 2.02. The highest BCUT2D eigenvalue weighted by Gasteiger charge is 2.00. The molecule has 1 N–H and O–H groups in total. The van der Waals surface area contributed by atoms with Crippen LogP contribution in [0.1, 0.15) is 47.0 Å². The second kappa shape index (κ2) is 7.35. The van der Waals surface area contributed by atoms with Crippen molar-refractivity contribution in [2.75, 3.05) is 6.54 Å². The van der Waals surface area contributed by atoms with Crippen LogP contribution in [0.3, 0.4) is 0 Å². The average molecular weight is 169 g/mol. The van der Waals surface area contributed by atoms with Crippen molar-refractivity contribution in [3.63, 3.8) is 0 Å². The lowest BCUT2D eigenvalue weighted by Crippen LogP contribution is -2.28. The Bertz CT molecular complexity index is 123. The summed E-state index contributed by atoms with van der Waals surface area (Å²) in [6.07, 6.45) is 6.07. The minimum Gasteiger partial charge on any atom is -0.311 e. The second-order valence-corrected chi connectivity index (χ2v) is 3.58. The van der Waals surface area contributed by atoms with Gasteiger partial charge in [-0.25, -0.2) is 0 Å². The van der Waals surface area contributed by atoms with Gasteiger partial charge >= 0.3 is 0 Å². The van der Waals surface area contributed by atoms with Gasteiger partial charge in [-0.1, -0.05) is 31.9 Å². The first-order valence-corrected chi connectivity index (χ1v) is 5.07. The van der Waals surface area contributed by atoms with Crippen LogP contribution >= 0.6 is 0 Å². The van der Waals surface area contributed by atoms with E-state index < -0.39 is 0 Å². The number of rotatable bonds is 6. The molecule has 1 nitrogen and oxygen atoms in total. The Morgan fingerprint density at radius 2 is 2.00 bits per heavy atom. The fourth-order valence-corrected chi connectivity index (χ4v) is 1.23. The van der Waals surface area contributed by atoms with Gasteiger partial charge in [0.25, 0.3) is 0 Å². The quantitative estimate of drug-likeness (QED) is 0.602. The zero-order valence-electron chi connectivity index (χ0n) is 8.98. The lowest BCUT2D eigenvalue weighted by Gasteiger charge is -2.14. The van der Waals surface area contributed by atoms with E-state index in [-0.39, 0.29) is 0 Å². The van der Waals surface area contributed by atoms with Gasteiger partial charge in [0.2, 0.25) is 0 Å². The SMILES string of the molecule is CCCC(CC)NCC=C(C)C. The van der Waals surface area contributed by atoms with Crippen LogP contribution in [0, 0.1) is 0 Å². The van der Waals surface area contributed by atoms with Crippen molar-refractivity contribution >= 4 is 0 Å². The van der Waals surface area contributed by atoms with E-state index in [1.54, 1.807) is 0 Å². The van der Waals surface area contributed by atoms with Gasteiger partial charge < -0.3 is 5.32 Å². The molecule has 0 radical (unpaired) electrons. The molecule has 0 rings (SSSR count). The molecule has 0 amide bonds. The van der Waals surface area contributed by atoms with Crippen LogP contribution < -0.4 is 5.32 Å². The molecule has 72 valence electrons. The third-order valence-electron chi connectivity index (χ3n) is 2.05. The van der Waals surface area contributed by atoms with Crippen LogP contribution in [0.4, 0.5) is 0 Å². The van der Waals surface area contributed by atoms with Crippen LogP contribution in [0.25, 0.3) is 0 Å². The summed E-state index contributed by atoms with van der Waals surface area (Å²) in [4.78, 5) is 0. The normalized spacial score (nSPS) is 12.7. The summed E-state index contributed by atoms with van der Waals surface area (Å²) >= 11 is 0. The van der Waals surface area contributed by atoms with E-state index in [9.17, 15) is 0 Å². The molecule has 1 heteroatoms. The van der Waals surface area contributed by atoms with Crippen molar-refractivity contribution in [2.24, 2.45) is 0 Å². The molecule has 1 atom stereocenters. The molecule has 0 bridgehead atoms. The molecule has 0 heterocycles. The van der Waals surface area contributed by atoms with E-state index >= 15 is 0 Å². The highest BCUT2D eigenvalue weighted by molar-refractivity contribution is 4.94. The van der Waals surface area contributed by atoms with Crippen molar-refractivity contribution in [1.82, 2.24) is 5.32 Å². The first-order valence-electron chi connectivity index (χ1n) is 5.07. The predicted molar refractivity (Wildman–Crippen MR) is 56.4 cm³/mol. The van der Waals surface area contributed by atoms with Crippen LogP contribution in [0.15, 0.2) is 11.6 Å². The first kappa shape index (κ1) is 11.7. The van der Waals surface area contributed by atoms with Gasteiger partial charge in [-0.3, -0.25) is 0 Å². The Morgan fingerprint density at radius 1 is 1.33 bits per heavy atom. The third kappa shape index (κ3) is 6.41. The van der Waals surface area contributed by atoms with E-state index in [0.29, 0.717) is 6.04 Å².